The summed E-state index contributed by atoms with van der Waals surface area (Å²) < 4.78 is 6.03. The summed E-state index contributed by atoms with van der Waals surface area (Å²) in [4.78, 5) is 35.5. The van der Waals surface area contributed by atoms with Crippen LogP contribution >= 0.6 is 0 Å². The van der Waals surface area contributed by atoms with E-state index in [4.69, 9.17) is 9.84 Å². The molecule has 2 rings (SSSR count). The lowest BCUT2D eigenvalue weighted by atomic mass is 10.2. The first-order valence-corrected chi connectivity index (χ1v) is 7.17. The van der Waals surface area contributed by atoms with E-state index in [2.05, 4.69) is 20.8 Å². The van der Waals surface area contributed by atoms with Crippen LogP contribution in [-0.2, 0) is 27.3 Å². The Hall–Kier alpha value is -2.72. The summed E-state index contributed by atoms with van der Waals surface area (Å²) >= 11 is 0. The van der Waals surface area contributed by atoms with Crippen molar-refractivity contribution >= 4 is 18.0 Å². The van der Waals surface area contributed by atoms with Gasteiger partial charge in [0.2, 0.25) is 5.91 Å². The van der Waals surface area contributed by atoms with Gasteiger partial charge in [0.15, 0.2) is 5.82 Å². The summed E-state index contributed by atoms with van der Waals surface area (Å²) in [6.07, 6.45) is -0.563. The van der Waals surface area contributed by atoms with E-state index in [1.165, 1.54) is 9.58 Å². The number of aromatic nitrogens is 4. The van der Waals surface area contributed by atoms with E-state index in [0.717, 1.165) is 0 Å². The predicted octanol–water partition coefficient (Wildman–Crippen LogP) is -1.35. The number of carboxylic acid groups (broad SMARTS) is 1. The Bertz CT molecular complexity index is 588. The maximum absolute atomic E-state index is 12.0. The molecular formula is C12H18N6O5. The van der Waals surface area contributed by atoms with Crippen LogP contribution in [0.15, 0.2) is 0 Å². The van der Waals surface area contributed by atoms with E-state index in [1.54, 1.807) is 6.92 Å². The lowest BCUT2D eigenvalue weighted by molar-refractivity contribution is -0.142. The smallest absolute Gasteiger partial charge is 0.407 e. The fourth-order valence-corrected chi connectivity index (χ4v) is 2.27. The third-order valence-corrected chi connectivity index (χ3v) is 3.33. The molecule has 0 bridgehead atoms. The van der Waals surface area contributed by atoms with Gasteiger partial charge in [-0.15, -0.1) is 5.10 Å². The number of ether oxygens (including phenoxy) is 1. The fourth-order valence-electron chi connectivity index (χ4n) is 2.27. The Labute approximate surface area is 131 Å². The number of nitrogens with zero attached hydrogens (tertiary/aromatic N) is 5. The van der Waals surface area contributed by atoms with Crippen LogP contribution in [0.1, 0.15) is 19.2 Å². The zero-order valence-electron chi connectivity index (χ0n) is 12.6. The molecule has 0 aliphatic carbocycles. The van der Waals surface area contributed by atoms with Gasteiger partial charge >= 0.3 is 12.1 Å². The number of nitrogens with one attached hydrogen (secondary N) is 1. The van der Waals surface area contributed by atoms with E-state index in [0.29, 0.717) is 13.0 Å². The third-order valence-electron chi connectivity index (χ3n) is 3.33. The number of carbonyl (C=O) groups excluding carboxylic acids is 2. The molecule has 126 valence electrons. The first-order valence-electron chi connectivity index (χ1n) is 7.17. The van der Waals surface area contributed by atoms with Crippen molar-refractivity contribution in [1.29, 1.82) is 0 Å². The molecule has 1 aromatic heterocycles. The summed E-state index contributed by atoms with van der Waals surface area (Å²) in [5.41, 5.74) is 0. The second kappa shape index (κ2) is 7.51. The summed E-state index contributed by atoms with van der Waals surface area (Å²) in [7, 11) is 0. The highest BCUT2D eigenvalue weighted by Gasteiger charge is 2.27. The number of esters is 1. The van der Waals surface area contributed by atoms with Crippen molar-refractivity contribution in [2.24, 2.45) is 0 Å². The highest BCUT2D eigenvalue weighted by Crippen LogP contribution is 2.09. The second-order valence-electron chi connectivity index (χ2n) is 5.02. The lowest BCUT2D eigenvalue weighted by Crippen LogP contribution is -2.40. The topological polar surface area (TPSA) is 140 Å². The number of carbonyl (C=O) groups is 3. The molecule has 11 nitrogen and oxygen atoms in total. The van der Waals surface area contributed by atoms with Crippen molar-refractivity contribution in [3.8, 4) is 0 Å². The normalized spacial score (nSPS) is 17.1. The number of tetrazole rings is 1. The van der Waals surface area contributed by atoms with E-state index >= 15 is 0 Å². The molecule has 11 heteroatoms. The molecule has 2 heterocycles. The maximum Gasteiger partial charge on any atom is 0.407 e. The Morgan fingerprint density at radius 1 is 1.43 bits per heavy atom. The zero-order chi connectivity index (χ0) is 16.8. The number of hydrogen-bond donors (Lipinski definition) is 2. The number of rotatable bonds is 6. The van der Waals surface area contributed by atoms with Crippen molar-refractivity contribution in [2.45, 2.75) is 32.4 Å². The van der Waals surface area contributed by atoms with Gasteiger partial charge in [-0.2, -0.15) is 0 Å². The molecule has 1 aliphatic rings. The first kappa shape index (κ1) is 16.6. The quantitative estimate of drug-likeness (QED) is 0.611. The molecule has 1 atom stereocenters. The van der Waals surface area contributed by atoms with Gasteiger partial charge in [0.25, 0.3) is 0 Å². The third kappa shape index (κ3) is 4.63. The van der Waals surface area contributed by atoms with Crippen LogP contribution < -0.4 is 5.32 Å². The molecule has 0 spiro atoms. The second-order valence-corrected chi connectivity index (χ2v) is 5.02. The first-order chi connectivity index (χ1) is 11.0. The predicted molar refractivity (Wildman–Crippen MR) is 74.3 cm³/mol. The van der Waals surface area contributed by atoms with Crippen LogP contribution in [0.4, 0.5) is 4.79 Å². The maximum atomic E-state index is 12.0. The zero-order valence-corrected chi connectivity index (χ0v) is 12.6. The molecule has 0 unspecified atom stereocenters. The highest BCUT2D eigenvalue weighted by molar-refractivity contribution is 5.76. The molecule has 1 saturated heterocycles. The summed E-state index contributed by atoms with van der Waals surface area (Å²) in [6.45, 7) is 2.44. The molecule has 1 aliphatic heterocycles. The van der Waals surface area contributed by atoms with E-state index < -0.39 is 12.1 Å². The van der Waals surface area contributed by atoms with Crippen LogP contribution in [0.2, 0.25) is 0 Å². The van der Waals surface area contributed by atoms with Crippen molar-refractivity contribution in [2.75, 3.05) is 19.7 Å². The minimum atomic E-state index is -1.00. The largest absolute Gasteiger partial charge is 0.466 e. The van der Waals surface area contributed by atoms with Crippen LogP contribution in [0.3, 0.4) is 0 Å². The molecule has 23 heavy (non-hydrogen) atoms. The van der Waals surface area contributed by atoms with Gasteiger partial charge in [0.05, 0.1) is 6.61 Å². The molecule has 1 fully saturated rings. The summed E-state index contributed by atoms with van der Waals surface area (Å²) in [6, 6.07) is -0.233. The molecule has 2 amide bonds. The van der Waals surface area contributed by atoms with Crippen LogP contribution in [0.5, 0.6) is 0 Å². The van der Waals surface area contributed by atoms with Crippen LogP contribution in [-0.4, -0.2) is 73.9 Å². The number of hydrogen-bond acceptors (Lipinski definition) is 7. The average molecular weight is 326 g/mol. The number of amides is 2. The van der Waals surface area contributed by atoms with Crippen molar-refractivity contribution in [3.63, 3.8) is 0 Å². The Balaban J connectivity index is 1.85. The van der Waals surface area contributed by atoms with E-state index in [9.17, 15) is 14.4 Å². The standard InChI is InChI=1S/C12H18N6O5/c1-2-23-11(20)5-9-14-15-16-18(9)7-10(19)13-8-3-4-17(6-8)12(21)22/h8H,2-7H2,1H3,(H,13,19)(H,21,22)/t8-/m0/s1. The van der Waals surface area contributed by atoms with Gasteiger partial charge in [-0.05, 0) is 23.8 Å². The van der Waals surface area contributed by atoms with Gasteiger partial charge in [-0.1, -0.05) is 0 Å². The Kier molecular flexibility index (Phi) is 5.44. The molecular weight excluding hydrogens is 308 g/mol. The SMILES string of the molecule is CCOC(=O)Cc1nnnn1CC(=O)N[C@H]1CCN(C(=O)O)C1. The van der Waals surface area contributed by atoms with Gasteiger partial charge in [0.1, 0.15) is 13.0 Å². The van der Waals surface area contributed by atoms with Crippen molar-refractivity contribution in [1.82, 2.24) is 30.4 Å². The number of likely N-dealkylation sites (tertiary alicyclic amines) is 1. The lowest BCUT2D eigenvalue weighted by Gasteiger charge is -2.14. The fraction of sp³-hybridized carbons (Fsp3) is 0.667. The van der Waals surface area contributed by atoms with Gasteiger partial charge in [-0.25, -0.2) is 9.48 Å². The molecule has 0 radical (unpaired) electrons. The summed E-state index contributed by atoms with van der Waals surface area (Å²) in [5, 5.41) is 22.4. The monoisotopic (exact) mass is 326 g/mol. The minimum absolute atomic E-state index is 0.121. The molecule has 1 aromatic rings. The van der Waals surface area contributed by atoms with E-state index in [-0.39, 0.29) is 43.9 Å². The highest BCUT2D eigenvalue weighted by atomic mass is 16.5. The van der Waals surface area contributed by atoms with Crippen LogP contribution in [0, 0.1) is 0 Å². The van der Waals surface area contributed by atoms with Gasteiger partial charge in [-0.3, -0.25) is 9.59 Å². The van der Waals surface area contributed by atoms with Gasteiger partial charge < -0.3 is 20.1 Å². The van der Waals surface area contributed by atoms with Crippen molar-refractivity contribution in [3.05, 3.63) is 5.82 Å². The average Bonchev–Trinajstić information content (AvgIpc) is 3.09. The molecule has 0 aromatic carbocycles. The van der Waals surface area contributed by atoms with Gasteiger partial charge in [0, 0.05) is 19.1 Å². The van der Waals surface area contributed by atoms with Crippen molar-refractivity contribution < 1.29 is 24.2 Å². The van der Waals surface area contributed by atoms with Crippen LogP contribution in [0.25, 0.3) is 0 Å². The molecule has 2 N–H and O–H groups in total. The van der Waals surface area contributed by atoms with E-state index in [1.807, 2.05) is 0 Å². The minimum Gasteiger partial charge on any atom is -0.466 e. The molecule has 0 saturated carbocycles. The Morgan fingerprint density at radius 2 is 2.22 bits per heavy atom. The summed E-state index contributed by atoms with van der Waals surface area (Å²) in [5.74, 6) is -0.589. The Morgan fingerprint density at radius 3 is 2.87 bits per heavy atom.